The quantitative estimate of drug-likeness (QED) is 0.551. The molecule has 2 nitrogen and oxygen atoms in total. The fourth-order valence-electron chi connectivity index (χ4n) is 1.45. The van der Waals surface area contributed by atoms with Crippen molar-refractivity contribution in [2.75, 3.05) is 0 Å². The van der Waals surface area contributed by atoms with Crippen molar-refractivity contribution < 1.29 is 42.3 Å². The summed E-state index contributed by atoms with van der Waals surface area (Å²) in [5.41, 5.74) is 0.275. The summed E-state index contributed by atoms with van der Waals surface area (Å²) >= 11 is 0. The van der Waals surface area contributed by atoms with Gasteiger partial charge in [-0.1, -0.05) is 34.6 Å². The van der Waals surface area contributed by atoms with E-state index in [1.165, 1.54) is 13.3 Å². The van der Waals surface area contributed by atoms with E-state index in [2.05, 4.69) is 40.7 Å². The van der Waals surface area contributed by atoms with Crippen molar-refractivity contribution in [2.45, 2.75) is 54.4 Å². The smallest absolute Gasteiger partial charge is 0.00532 e. The molecule has 0 N–H and O–H groups in total. The Balaban J connectivity index is 0. The minimum atomic E-state index is -0.159. The van der Waals surface area contributed by atoms with Crippen LogP contribution in [0.5, 0.6) is 0 Å². The van der Waals surface area contributed by atoms with E-state index in [1.54, 1.807) is 0 Å². The first-order chi connectivity index (χ1) is 9.56. The van der Waals surface area contributed by atoms with Gasteiger partial charge < -0.3 is 9.59 Å². The van der Waals surface area contributed by atoms with Gasteiger partial charge in [0.25, 0.3) is 0 Å². The van der Waals surface area contributed by atoms with E-state index in [-0.39, 0.29) is 55.1 Å². The van der Waals surface area contributed by atoms with Crippen molar-refractivity contribution in [3.63, 3.8) is 0 Å². The Labute approximate surface area is 161 Å². The van der Waals surface area contributed by atoms with Crippen molar-refractivity contribution >= 4 is 11.6 Å². The molecule has 0 atom stereocenters. The molecule has 0 unspecified atom stereocenters. The third-order valence-electron chi connectivity index (χ3n) is 4.00. The van der Waals surface area contributed by atoms with Gasteiger partial charge in [0.05, 0.1) is 0 Å². The molecule has 0 spiro atoms. The van der Waals surface area contributed by atoms with E-state index in [9.17, 15) is 9.59 Å². The fraction of sp³-hybridized carbons (Fsp3) is 0.526. The molecule has 0 aromatic heterocycles. The Hall–Kier alpha value is -0.466. The van der Waals surface area contributed by atoms with Crippen LogP contribution in [0.1, 0.15) is 54.4 Å². The van der Waals surface area contributed by atoms with Gasteiger partial charge in [-0.2, -0.15) is 36.4 Å². The molecule has 0 saturated heterocycles. The first-order valence-corrected chi connectivity index (χ1v) is 7.35. The monoisotopic (exact) mass is 377 g/mol. The van der Waals surface area contributed by atoms with Crippen LogP contribution >= 0.6 is 0 Å². The zero-order valence-corrected chi connectivity index (χ0v) is 17.6. The minimum absolute atomic E-state index is 0. The summed E-state index contributed by atoms with van der Waals surface area (Å²) in [6.45, 7) is 12.2. The maximum absolute atomic E-state index is 11.4. The molecule has 22 heavy (non-hydrogen) atoms. The third-order valence-corrected chi connectivity index (χ3v) is 4.00. The van der Waals surface area contributed by atoms with Crippen LogP contribution in [0.4, 0.5) is 0 Å². The van der Waals surface area contributed by atoms with Crippen molar-refractivity contribution in [3.05, 3.63) is 42.8 Å². The predicted molar refractivity (Wildman–Crippen MR) is 87.7 cm³/mol. The number of rotatable bonds is 5. The number of carbonyl (C=O) groups is 2. The molecule has 1 aromatic rings. The number of hydrogen-bond acceptors (Lipinski definition) is 2. The van der Waals surface area contributed by atoms with E-state index in [1.807, 2.05) is 30.3 Å². The van der Waals surface area contributed by atoms with E-state index < -0.39 is 0 Å². The largest absolute Gasteiger partial charge is 0.334 e. The molecule has 1 radical (unpaired) electrons. The maximum atomic E-state index is 11.4. The van der Waals surface area contributed by atoms with Gasteiger partial charge in [-0.3, -0.25) is 6.42 Å². The van der Waals surface area contributed by atoms with Crippen LogP contribution in [0.25, 0.3) is 0 Å². The van der Waals surface area contributed by atoms with E-state index >= 15 is 0 Å². The normalized spacial score (nSPS) is 10.6. The molecule has 0 bridgehead atoms. The summed E-state index contributed by atoms with van der Waals surface area (Å²) in [4.78, 5) is 22.0. The summed E-state index contributed by atoms with van der Waals surface area (Å²) in [6, 6.07) is 12.5. The summed E-state index contributed by atoms with van der Waals surface area (Å²) in [6.07, 6.45) is 2.47. The summed E-state index contributed by atoms with van der Waals surface area (Å²) in [7, 11) is 0. The van der Waals surface area contributed by atoms with Crippen LogP contribution in [0.3, 0.4) is 0 Å². The van der Waals surface area contributed by atoms with E-state index in [0.29, 0.717) is 6.42 Å². The number of ketones is 2. The molecule has 0 aliphatic heterocycles. The number of carbonyl (C=O) groups excluding carboxylic acids is 2. The van der Waals surface area contributed by atoms with Gasteiger partial charge in [0.2, 0.25) is 0 Å². The van der Waals surface area contributed by atoms with Crippen LogP contribution < -0.4 is 0 Å². The van der Waals surface area contributed by atoms with Crippen LogP contribution in [-0.4, -0.2) is 11.6 Å². The Morgan fingerprint density at radius 2 is 1.50 bits per heavy atom. The molecule has 1 aromatic carbocycles. The minimum Gasteiger partial charge on any atom is -0.334 e. The van der Waals surface area contributed by atoms with Gasteiger partial charge in [-0.05, 0) is 30.6 Å². The second-order valence-electron chi connectivity index (χ2n) is 6.93. The van der Waals surface area contributed by atoms with Crippen LogP contribution in [0.2, 0.25) is 0 Å². The molecule has 0 aliphatic carbocycles. The average molecular weight is 377 g/mol. The number of benzene rings is 1. The summed E-state index contributed by atoms with van der Waals surface area (Å²) in [5.74, 6) is -0.214. The first-order valence-electron chi connectivity index (χ1n) is 7.35. The Bertz CT molecular complexity index is 404. The zero-order valence-electron chi connectivity index (χ0n) is 14.8. The van der Waals surface area contributed by atoms with Gasteiger partial charge >= 0.3 is 0 Å². The first kappa shape index (κ1) is 23.8. The summed E-state index contributed by atoms with van der Waals surface area (Å²) < 4.78 is 0. The van der Waals surface area contributed by atoms with Gasteiger partial charge in [0.1, 0.15) is 0 Å². The predicted octanol–water partition coefficient (Wildman–Crippen LogP) is 4.69. The van der Waals surface area contributed by atoms with Crippen molar-refractivity contribution in [2.24, 2.45) is 10.8 Å². The average Bonchev–Trinajstić information content (AvgIpc) is 2.37. The second kappa shape index (κ2) is 11.1. The number of hydrogen-bond donors (Lipinski definition) is 0. The van der Waals surface area contributed by atoms with Gasteiger partial charge in [0, 0.05) is 44.3 Å². The molecule has 3 heteroatoms. The summed E-state index contributed by atoms with van der Waals surface area (Å²) in [5, 5.41) is 0. The van der Waals surface area contributed by atoms with Gasteiger partial charge in [-0.25, -0.2) is 0 Å². The maximum Gasteiger partial charge on any atom is 0.00532 e. The molecule has 0 saturated carbocycles. The molecule has 0 aliphatic rings. The Morgan fingerprint density at radius 1 is 1.00 bits per heavy atom. The van der Waals surface area contributed by atoms with E-state index in [0.717, 1.165) is 6.42 Å². The molecule has 0 heterocycles. The zero-order chi connectivity index (χ0) is 16.5. The van der Waals surface area contributed by atoms with Crippen molar-refractivity contribution in [1.29, 1.82) is 0 Å². The molecule has 1 rings (SSSR count). The Kier molecular flexibility index (Phi) is 12.0. The molecular weight excluding hydrogens is 349 g/mol. The standard InChI is InChI=1S/C13H23O2.C6H5.Y/c1-10(14)9-11(15)7-8-13(5,6)12(2,3)4;1-2-4-6-5-3-1;/h9H,7-8H2,1-6H3;1-5H;/q2*-1;. The number of Topliss-reactive ketones (excluding diaryl/α,β-unsaturated/α-hetero) is 2. The van der Waals surface area contributed by atoms with Crippen LogP contribution in [-0.2, 0) is 42.3 Å². The van der Waals surface area contributed by atoms with Crippen LogP contribution in [0.15, 0.2) is 30.3 Å². The van der Waals surface area contributed by atoms with Crippen LogP contribution in [0, 0.1) is 23.3 Å². The van der Waals surface area contributed by atoms with Crippen molar-refractivity contribution in [3.8, 4) is 0 Å². The SMILES string of the molecule is CC(=O)[CH-]C(=O)CCC(C)(C)C(C)(C)C.[Y].[c-]1ccccc1. The molecule has 121 valence electrons. The Morgan fingerprint density at radius 3 is 1.77 bits per heavy atom. The molecule has 0 fully saturated rings. The van der Waals surface area contributed by atoms with Crippen molar-refractivity contribution in [1.82, 2.24) is 0 Å². The third kappa shape index (κ3) is 11.1. The van der Waals surface area contributed by atoms with Gasteiger partial charge in [0.15, 0.2) is 0 Å². The molecular formula is C19H28O2Y-2. The topological polar surface area (TPSA) is 34.1 Å². The molecule has 0 amide bonds. The van der Waals surface area contributed by atoms with Gasteiger partial charge in [-0.15, -0.1) is 0 Å². The fourth-order valence-corrected chi connectivity index (χ4v) is 1.45. The second-order valence-corrected chi connectivity index (χ2v) is 6.93. The van der Waals surface area contributed by atoms with E-state index in [4.69, 9.17) is 0 Å².